The molecule has 4 nitrogen and oxygen atoms in total. The molecule has 18 heavy (non-hydrogen) atoms. The molecule has 0 fully saturated rings. The maximum Gasteiger partial charge on any atom is 0.256 e. The predicted molar refractivity (Wildman–Crippen MR) is 70.4 cm³/mol. The Kier molecular flexibility index (Phi) is 2.82. The van der Waals surface area contributed by atoms with Crippen molar-refractivity contribution in [2.24, 2.45) is 0 Å². The zero-order valence-corrected chi connectivity index (χ0v) is 10.6. The molecule has 5 heteroatoms. The lowest BCUT2D eigenvalue weighted by Gasteiger charge is -1.99. The Balaban J connectivity index is 2.04. The van der Waals surface area contributed by atoms with Crippen LogP contribution in [0.1, 0.15) is 0 Å². The van der Waals surface area contributed by atoms with Gasteiger partial charge in [0.25, 0.3) is 5.69 Å². The molecule has 3 aromatic rings. The molecule has 0 radical (unpaired) electrons. The highest BCUT2D eigenvalue weighted by atomic mass is 32.1. The first-order chi connectivity index (χ1) is 8.88. The Morgan fingerprint density at radius 3 is 2.67 bits per heavy atom. The topological polar surface area (TPSA) is 52.0 Å². The molecule has 0 aliphatic rings. The third-order valence-electron chi connectivity index (χ3n) is 2.76. The molecule has 0 spiro atoms. The average molecular weight is 258 g/mol. The lowest BCUT2D eigenvalue weighted by Crippen LogP contribution is -2.04. The number of thiophene rings is 1. The largest absolute Gasteiger partial charge is 0.497 e. The van der Waals surface area contributed by atoms with Gasteiger partial charge >= 0.3 is 0 Å². The van der Waals surface area contributed by atoms with Gasteiger partial charge in [-0.1, -0.05) is 5.21 Å². The van der Waals surface area contributed by atoms with E-state index in [1.165, 1.54) is 0 Å². The van der Waals surface area contributed by atoms with Crippen LogP contribution in [0.2, 0.25) is 0 Å². The highest BCUT2D eigenvalue weighted by molar-refractivity contribution is 7.08. The van der Waals surface area contributed by atoms with Crippen LogP contribution < -0.4 is 9.84 Å². The second kappa shape index (κ2) is 4.62. The number of benzene rings is 1. The molecule has 0 bridgehead atoms. The lowest BCUT2D eigenvalue weighted by molar-refractivity contribution is -0.443. The monoisotopic (exact) mass is 258 g/mol. The van der Waals surface area contributed by atoms with Crippen molar-refractivity contribution in [2.75, 3.05) is 7.11 Å². The molecule has 90 valence electrons. The molecule has 2 N–H and O–H groups in total. The first-order valence-electron chi connectivity index (χ1n) is 5.51. The molecule has 0 saturated carbocycles. The Morgan fingerprint density at radius 2 is 2.00 bits per heavy atom. The summed E-state index contributed by atoms with van der Waals surface area (Å²) in [7, 11) is 1.66. The zero-order chi connectivity index (χ0) is 12.4. The van der Waals surface area contributed by atoms with Crippen molar-refractivity contribution in [1.29, 1.82) is 0 Å². The summed E-state index contributed by atoms with van der Waals surface area (Å²) in [6.45, 7) is 0. The summed E-state index contributed by atoms with van der Waals surface area (Å²) in [5.74, 6) is 0.843. The Hall–Kier alpha value is -2.14. The molecule has 0 aliphatic heterocycles. The maximum absolute atomic E-state index is 5.15. The van der Waals surface area contributed by atoms with Gasteiger partial charge in [0.1, 0.15) is 5.75 Å². The minimum atomic E-state index is 0.843. The van der Waals surface area contributed by atoms with Crippen molar-refractivity contribution < 1.29 is 9.84 Å². The number of hydrogen-bond donors (Lipinski definition) is 1. The van der Waals surface area contributed by atoms with E-state index < -0.39 is 0 Å². The third-order valence-corrected chi connectivity index (χ3v) is 3.44. The molecule has 2 heterocycles. The second-order valence-corrected chi connectivity index (χ2v) is 4.59. The molecular weight excluding hydrogens is 246 g/mol. The van der Waals surface area contributed by atoms with E-state index in [9.17, 15) is 0 Å². The second-order valence-electron chi connectivity index (χ2n) is 3.81. The number of H-pyrrole nitrogens is 2. The van der Waals surface area contributed by atoms with Crippen LogP contribution in [0.15, 0.2) is 41.1 Å². The average Bonchev–Trinajstić information content (AvgIpc) is 3.09. The number of rotatable bonds is 3. The first kappa shape index (κ1) is 11.0. The number of nitrogens with one attached hydrogen (secondary N) is 2. The van der Waals surface area contributed by atoms with Crippen molar-refractivity contribution in [1.82, 2.24) is 10.3 Å². The summed E-state index contributed by atoms with van der Waals surface area (Å²) in [6, 6.07) is 9.93. The van der Waals surface area contributed by atoms with E-state index >= 15 is 0 Å². The van der Waals surface area contributed by atoms with Gasteiger partial charge in [-0.05, 0) is 35.7 Å². The van der Waals surface area contributed by atoms with Crippen molar-refractivity contribution in [3.63, 3.8) is 0 Å². The normalized spacial score (nSPS) is 10.5. The van der Waals surface area contributed by atoms with Crippen molar-refractivity contribution in [2.45, 2.75) is 0 Å². The van der Waals surface area contributed by atoms with E-state index in [1.54, 1.807) is 18.4 Å². The SMILES string of the molecule is COc1ccc(-c2n[nH][nH+]c2-c2ccsc2)cc1. The van der Waals surface area contributed by atoms with E-state index in [1.807, 2.05) is 29.6 Å². The van der Waals surface area contributed by atoms with Gasteiger partial charge in [0.15, 0.2) is 0 Å². The summed E-state index contributed by atoms with van der Waals surface area (Å²) in [5.41, 5.74) is 4.10. The summed E-state index contributed by atoms with van der Waals surface area (Å²) >= 11 is 1.67. The van der Waals surface area contributed by atoms with Gasteiger partial charge in [0, 0.05) is 21.6 Å². The highest BCUT2D eigenvalue weighted by Gasteiger charge is 2.19. The van der Waals surface area contributed by atoms with Gasteiger partial charge in [0.05, 0.1) is 7.11 Å². The standard InChI is InChI=1S/C13H11N3OS/c1-17-11-4-2-9(3-5-11)12-13(15-16-14-12)10-6-7-18-8-10/h2-8H,1H3,(H,14,15,16)/p+1. The van der Waals surface area contributed by atoms with Crippen molar-refractivity contribution in [3.8, 4) is 28.3 Å². The highest BCUT2D eigenvalue weighted by Crippen LogP contribution is 2.28. The molecule has 0 unspecified atom stereocenters. The van der Waals surface area contributed by atoms with E-state index in [-0.39, 0.29) is 0 Å². The van der Waals surface area contributed by atoms with Crippen LogP contribution in [0.3, 0.4) is 0 Å². The van der Waals surface area contributed by atoms with Gasteiger partial charge in [-0.25, -0.2) is 0 Å². The number of aromatic amines is 2. The summed E-state index contributed by atoms with van der Waals surface area (Å²) in [6.07, 6.45) is 0. The number of methoxy groups -OCH3 is 1. The summed E-state index contributed by atoms with van der Waals surface area (Å²) in [4.78, 5) is 0. The Bertz CT molecular complexity index is 629. The first-order valence-corrected chi connectivity index (χ1v) is 6.46. The van der Waals surface area contributed by atoms with E-state index in [2.05, 4.69) is 26.9 Å². The molecule has 1 aromatic carbocycles. The smallest absolute Gasteiger partial charge is 0.256 e. The van der Waals surface area contributed by atoms with Crippen LogP contribution in [0.5, 0.6) is 5.75 Å². The quantitative estimate of drug-likeness (QED) is 0.785. The predicted octanol–water partition coefficient (Wildman–Crippen LogP) is 2.63. The fourth-order valence-electron chi connectivity index (χ4n) is 1.83. The fraction of sp³-hybridized carbons (Fsp3) is 0.0769. The zero-order valence-electron chi connectivity index (χ0n) is 9.81. The maximum atomic E-state index is 5.15. The number of aromatic nitrogens is 3. The lowest BCUT2D eigenvalue weighted by atomic mass is 10.1. The van der Waals surface area contributed by atoms with Gasteiger partial charge in [-0.15, -0.1) is 0 Å². The van der Waals surface area contributed by atoms with E-state index in [4.69, 9.17) is 4.74 Å². The molecule has 2 aromatic heterocycles. The molecule has 3 rings (SSSR count). The Labute approximate surface area is 108 Å². The van der Waals surface area contributed by atoms with Crippen molar-refractivity contribution >= 4 is 11.3 Å². The van der Waals surface area contributed by atoms with Crippen LogP contribution in [-0.2, 0) is 0 Å². The van der Waals surface area contributed by atoms with E-state index in [0.717, 1.165) is 28.3 Å². The number of nitrogens with zero attached hydrogens (tertiary/aromatic N) is 1. The van der Waals surface area contributed by atoms with Gasteiger partial charge in [-0.2, -0.15) is 16.4 Å². The molecular formula is C13H12N3OS+. The minimum absolute atomic E-state index is 0.843. The molecule has 0 atom stereocenters. The number of hydrogen-bond acceptors (Lipinski definition) is 3. The third kappa shape index (κ3) is 1.89. The van der Waals surface area contributed by atoms with Crippen LogP contribution >= 0.6 is 11.3 Å². The van der Waals surface area contributed by atoms with Crippen LogP contribution in [0.4, 0.5) is 0 Å². The molecule has 0 amide bonds. The summed E-state index contributed by atoms with van der Waals surface area (Å²) < 4.78 is 5.15. The molecule has 0 saturated heterocycles. The molecule has 0 aliphatic carbocycles. The van der Waals surface area contributed by atoms with Gasteiger partial charge in [-0.3, -0.25) is 0 Å². The van der Waals surface area contributed by atoms with Crippen molar-refractivity contribution in [3.05, 3.63) is 41.1 Å². The minimum Gasteiger partial charge on any atom is -0.497 e. The van der Waals surface area contributed by atoms with Crippen LogP contribution in [0.25, 0.3) is 22.5 Å². The fourth-order valence-corrected chi connectivity index (χ4v) is 2.48. The van der Waals surface area contributed by atoms with Gasteiger partial charge < -0.3 is 4.74 Å². The van der Waals surface area contributed by atoms with Crippen LogP contribution in [-0.4, -0.2) is 17.4 Å². The number of ether oxygens (including phenoxy) is 1. The van der Waals surface area contributed by atoms with Crippen LogP contribution in [0, 0.1) is 0 Å². The summed E-state index contributed by atoms with van der Waals surface area (Å²) in [5, 5.41) is 14.3. The van der Waals surface area contributed by atoms with E-state index in [0.29, 0.717) is 0 Å². The Morgan fingerprint density at radius 1 is 1.17 bits per heavy atom. The van der Waals surface area contributed by atoms with Gasteiger partial charge in [0.2, 0.25) is 5.69 Å².